The first kappa shape index (κ1) is 26.4. The molecule has 1 heterocycles. The van der Waals surface area contributed by atoms with Crippen molar-refractivity contribution < 1.29 is 13.2 Å². The fraction of sp³-hybridized carbons (Fsp3) is 0.435. The van der Waals surface area contributed by atoms with Crippen LogP contribution in [-0.2, 0) is 21.2 Å². The number of hydrogen-bond acceptors (Lipinski definition) is 4. The molecule has 9 heteroatoms. The number of benzene rings is 2. The van der Waals surface area contributed by atoms with Crippen molar-refractivity contribution in [3.05, 3.63) is 65.7 Å². The largest absolute Gasteiger partial charge is 0.374 e. The number of aliphatic imine (C=N–C) groups is 1. The van der Waals surface area contributed by atoms with Crippen molar-refractivity contribution in [2.24, 2.45) is 4.99 Å². The third-order valence-corrected chi connectivity index (χ3v) is 7.08. The number of para-hydroxylation sites is 1. The van der Waals surface area contributed by atoms with E-state index < -0.39 is 10.0 Å². The molecule has 176 valence electrons. The van der Waals surface area contributed by atoms with Gasteiger partial charge in [0, 0.05) is 33.3 Å². The van der Waals surface area contributed by atoms with E-state index >= 15 is 0 Å². The highest BCUT2D eigenvalue weighted by atomic mass is 127. The van der Waals surface area contributed by atoms with Crippen molar-refractivity contribution in [1.82, 2.24) is 10.6 Å². The second kappa shape index (κ2) is 13.0. The Morgan fingerprint density at radius 2 is 1.78 bits per heavy atom. The number of rotatable bonds is 10. The summed E-state index contributed by atoms with van der Waals surface area (Å²) < 4.78 is 32.9. The van der Waals surface area contributed by atoms with Gasteiger partial charge in [-0.2, -0.15) is 0 Å². The van der Waals surface area contributed by atoms with Gasteiger partial charge in [-0.3, -0.25) is 9.30 Å². The highest BCUT2D eigenvalue weighted by Gasteiger charge is 2.28. The first-order chi connectivity index (χ1) is 15.0. The van der Waals surface area contributed by atoms with Gasteiger partial charge in [0.1, 0.15) is 0 Å². The maximum absolute atomic E-state index is 12.8. The van der Waals surface area contributed by atoms with Crippen LogP contribution in [0.25, 0.3) is 0 Å². The second-order valence-corrected chi connectivity index (χ2v) is 9.48. The average Bonchev–Trinajstić information content (AvgIpc) is 3.23. The summed E-state index contributed by atoms with van der Waals surface area (Å²) in [6, 6.07) is 17.8. The van der Waals surface area contributed by atoms with Crippen molar-refractivity contribution in [3.8, 4) is 0 Å². The van der Waals surface area contributed by atoms with Crippen molar-refractivity contribution in [1.29, 1.82) is 0 Å². The summed E-state index contributed by atoms with van der Waals surface area (Å²) in [7, 11) is -1.70. The van der Waals surface area contributed by atoms with Crippen LogP contribution in [0, 0.1) is 0 Å². The molecule has 0 bridgehead atoms. The number of halogens is 1. The van der Waals surface area contributed by atoms with Gasteiger partial charge in [0.05, 0.1) is 17.5 Å². The van der Waals surface area contributed by atoms with Gasteiger partial charge < -0.3 is 15.4 Å². The lowest BCUT2D eigenvalue weighted by Crippen LogP contribution is -2.42. The molecule has 0 saturated carbocycles. The summed E-state index contributed by atoms with van der Waals surface area (Å²) in [5.74, 6) is 0.604. The molecule has 3 rings (SSSR count). The van der Waals surface area contributed by atoms with Crippen LogP contribution in [0.1, 0.15) is 30.6 Å². The molecule has 2 N–H and O–H groups in total. The van der Waals surface area contributed by atoms with Gasteiger partial charge in [0.2, 0.25) is 10.0 Å². The number of sulfonamides is 1. The van der Waals surface area contributed by atoms with E-state index in [1.165, 1.54) is 4.31 Å². The van der Waals surface area contributed by atoms with Gasteiger partial charge in [-0.25, -0.2) is 8.42 Å². The molecule has 1 aliphatic heterocycles. The molecule has 0 fully saturated rings. The maximum atomic E-state index is 12.8. The van der Waals surface area contributed by atoms with Crippen molar-refractivity contribution in [2.75, 3.05) is 43.3 Å². The van der Waals surface area contributed by atoms with E-state index in [9.17, 15) is 8.42 Å². The SMILES string of the molecule is CN=C(NCCCOC(C)c1ccccc1)NCCS(=O)(=O)N1CCc2ccccc21.I. The molecule has 0 radical (unpaired) electrons. The zero-order valence-corrected chi connectivity index (χ0v) is 21.8. The summed E-state index contributed by atoms with van der Waals surface area (Å²) in [4.78, 5) is 4.17. The van der Waals surface area contributed by atoms with Crippen LogP contribution in [0.15, 0.2) is 59.6 Å². The van der Waals surface area contributed by atoms with Crippen LogP contribution >= 0.6 is 24.0 Å². The first-order valence-electron chi connectivity index (χ1n) is 10.7. The summed E-state index contributed by atoms with van der Waals surface area (Å²) >= 11 is 0. The molecule has 1 aliphatic rings. The molecular weight excluding hydrogens is 539 g/mol. The molecular formula is C23H33IN4O3S. The van der Waals surface area contributed by atoms with Crippen LogP contribution < -0.4 is 14.9 Å². The molecule has 0 aromatic heterocycles. The fourth-order valence-corrected chi connectivity index (χ4v) is 5.01. The molecule has 2 aromatic carbocycles. The highest BCUT2D eigenvalue weighted by molar-refractivity contribution is 14.0. The molecule has 1 atom stereocenters. The Balaban J connectivity index is 0.00000363. The molecule has 0 aliphatic carbocycles. The molecule has 0 spiro atoms. The van der Waals surface area contributed by atoms with Gasteiger partial charge in [0.15, 0.2) is 5.96 Å². The Kier molecular flexibility index (Phi) is 10.7. The number of guanidine groups is 1. The van der Waals surface area contributed by atoms with Crippen LogP contribution in [0.3, 0.4) is 0 Å². The number of nitrogens with one attached hydrogen (secondary N) is 2. The van der Waals surface area contributed by atoms with Crippen molar-refractivity contribution >= 4 is 45.6 Å². The number of ether oxygens (including phenoxy) is 1. The van der Waals surface area contributed by atoms with Crippen molar-refractivity contribution in [2.45, 2.75) is 25.9 Å². The van der Waals surface area contributed by atoms with Crippen LogP contribution in [0.4, 0.5) is 5.69 Å². The minimum Gasteiger partial charge on any atom is -0.374 e. The molecule has 7 nitrogen and oxygen atoms in total. The van der Waals surface area contributed by atoms with Gasteiger partial charge in [0.25, 0.3) is 0 Å². The maximum Gasteiger partial charge on any atom is 0.236 e. The number of fused-ring (bicyclic) bond motifs is 1. The third-order valence-electron chi connectivity index (χ3n) is 5.31. The number of hydrogen-bond donors (Lipinski definition) is 2. The van der Waals surface area contributed by atoms with Crippen LogP contribution in [0.5, 0.6) is 0 Å². The highest BCUT2D eigenvalue weighted by Crippen LogP contribution is 2.29. The predicted molar refractivity (Wildman–Crippen MR) is 141 cm³/mol. The Morgan fingerprint density at radius 1 is 1.09 bits per heavy atom. The Labute approximate surface area is 208 Å². The predicted octanol–water partition coefficient (Wildman–Crippen LogP) is 3.33. The van der Waals surface area contributed by atoms with Gasteiger partial charge in [-0.15, -0.1) is 24.0 Å². The fourth-order valence-electron chi connectivity index (χ4n) is 3.59. The van der Waals surface area contributed by atoms with E-state index in [2.05, 4.69) is 27.8 Å². The summed E-state index contributed by atoms with van der Waals surface area (Å²) in [5.41, 5.74) is 3.05. The lowest BCUT2D eigenvalue weighted by Gasteiger charge is -2.20. The van der Waals surface area contributed by atoms with E-state index in [0.29, 0.717) is 32.2 Å². The lowest BCUT2D eigenvalue weighted by molar-refractivity contribution is 0.0646. The topological polar surface area (TPSA) is 83.0 Å². The molecule has 0 saturated heterocycles. The third kappa shape index (κ3) is 7.35. The zero-order chi connectivity index (χ0) is 22.1. The summed E-state index contributed by atoms with van der Waals surface area (Å²) in [6.07, 6.45) is 1.64. The standard InChI is InChI=1S/C23H32N4O3S.HI/c1-19(20-9-4-3-5-10-20)30-17-8-14-25-23(24-2)26-15-18-31(28,29)27-16-13-21-11-6-7-12-22(21)27;/h3-7,9-12,19H,8,13-18H2,1-2H3,(H2,24,25,26);1H. The quantitative estimate of drug-likeness (QED) is 0.198. The Morgan fingerprint density at radius 3 is 2.53 bits per heavy atom. The minimum atomic E-state index is -3.37. The Hall–Kier alpha value is -1.85. The second-order valence-electron chi connectivity index (χ2n) is 7.47. The minimum absolute atomic E-state index is 0. The normalized spacial score (nSPS) is 14.4. The lowest BCUT2D eigenvalue weighted by atomic mass is 10.1. The van der Waals surface area contributed by atoms with Crippen LogP contribution in [-0.4, -0.2) is 53.4 Å². The molecule has 1 unspecified atom stereocenters. The van der Waals surface area contributed by atoms with Gasteiger partial charge in [-0.1, -0.05) is 48.5 Å². The molecule has 32 heavy (non-hydrogen) atoms. The van der Waals surface area contributed by atoms with Crippen LogP contribution in [0.2, 0.25) is 0 Å². The zero-order valence-electron chi connectivity index (χ0n) is 18.7. The average molecular weight is 573 g/mol. The van der Waals surface area contributed by atoms with E-state index in [1.54, 1.807) is 7.05 Å². The first-order valence-corrected chi connectivity index (χ1v) is 12.3. The van der Waals surface area contributed by atoms with Gasteiger partial charge >= 0.3 is 0 Å². The number of anilines is 1. The van der Waals surface area contributed by atoms with E-state index in [0.717, 1.165) is 29.7 Å². The van der Waals surface area contributed by atoms with E-state index in [-0.39, 0.29) is 35.8 Å². The van der Waals surface area contributed by atoms with E-state index in [1.807, 2.05) is 49.4 Å². The smallest absolute Gasteiger partial charge is 0.236 e. The molecule has 2 aromatic rings. The van der Waals surface area contributed by atoms with E-state index in [4.69, 9.17) is 4.74 Å². The monoisotopic (exact) mass is 572 g/mol. The summed E-state index contributed by atoms with van der Waals surface area (Å²) in [5, 5.41) is 6.30. The molecule has 0 amide bonds. The number of nitrogens with zero attached hydrogens (tertiary/aromatic N) is 2. The van der Waals surface area contributed by atoms with Gasteiger partial charge in [-0.05, 0) is 37.0 Å². The Bertz CT molecular complexity index is 970. The van der Waals surface area contributed by atoms with Crippen molar-refractivity contribution in [3.63, 3.8) is 0 Å². The summed E-state index contributed by atoms with van der Waals surface area (Å²) in [6.45, 7) is 4.16.